The lowest BCUT2D eigenvalue weighted by atomic mass is 9.66. The predicted octanol–water partition coefficient (Wildman–Crippen LogP) is 3.73. The SMILES string of the molecule is CC1(C)CN(C(=O)[C@@H]2CCC[C@]2(C)N)CC[C@]1(O)c1ccc(Cl)cc1.Cl. The van der Waals surface area contributed by atoms with E-state index in [-0.39, 0.29) is 24.2 Å². The van der Waals surface area contributed by atoms with Gasteiger partial charge in [0.2, 0.25) is 5.91 Å². The molecule has 3 rings (SSSR count). The molecule has 4 nitrogen and oxygen atoms in total. The molecule has 0 unspecified atom stereocenters. The van der Waals surface area contributed by atoms with Gasteiger partial charge < -0.3 is 15.7 Å². The van der Waals surface area contributed by atoms with Crippen molar-refractivity contribution in [3.8, 4) is 0 Å². The van der Waals surface area contributed by atoms with Crippen LogP contribution in [-0.4, -0.2) is 34.5 Å². The molecule has 3 N–H and O–H groups in total. The van der Waals surface area contributed by atoms with E-state index in [1.165, 1.54) is 0 Å². The summed E-state index contributed by atoms with van der Waals surface area (Å²) in [5, 5.41) is 12.1. The molecule has 0 spiro atoms. The quantitative estimate of drug-likeness (QED) is 0.794. The molecule has 1 amide bonds. The molecule has 1 heterocycles. The number of hydrogen-bond donors (Lipinski definition) is 2. The van der Waals surface area contributed by atoms with E-state index in [4.69, 9.17) is 17.3 Å². The average molecular weight is 401 g/mol. The molecule has 1 aliphatic carbocycles. The Morgan fingerprint density at radius 2 is 1.85 bits per heavy atom. The highest BCUT2D eigenvalue weighted by atomic mass is 35.5. The van der Waals surface area contributed by atoms with E-state index in [1.807, 2.05) is 37.8 Å². The lowest BCUT2D eigenvalue weighted by Gasteiger charge is -2.51. The van der Waals surface area contributed by atoms with Crippen molar-refractivity contribution in [1.82, 2.24) is 4.90 Å². The first-order valence-electron chi connectivity index (χ1n) is 9.13. The van der Waals surface area contributed by atoms with Crippen LogP contribution >= 0.6 is 24.0 Å². The number of piperidine rings is 1. The lowest BCUT2D eigenvalue weighted by Crippen LogP contribution is -2.59. The van der Waals surface area contributed by atoms with E-state index >= 15 is 0 Å². The van der Waals surface area contributed by atoms with Gasteiger partial charge in [0.15, 0.2) is 0 Å². The number of carbonyl (C=O) groups is 1. The molecule has 26 heavy (non-hydrogen) atoms. The third-order valence-corrected chi connectivity index (χ3v) is 6.64. The van der Waals surface area contributed by atoms with Crippen LogP contribution < -0.4 is 5.73 Å². The Balaban J connectivity index is 0.00000243. The Morgan fingerprint density at radius 1 is 1.23 bits per heavy atom. The van der Waals surface area contributed by atoms with Gasteiger partial charge in [-0.25, -0.2) is 0 Å². The number of hydrogen-bond acceptors (Lipinski definition) is 3. The molecule has 1 aromatic carbocycles. The Hall–Kier alpha value is -0.810. The summed E-state index contributed by atoms with van der Waals surface area (Å²) in [6.07, 6.45) is 3.29. The summed E-state index contributed by atoms with van der Waals surface area (Å²) >= 11 is 5.98. The molecule has 146 valence electrons. The zero-order valence-electron chi connectivity index (χ0n) is 15.8. The normalized spacial score (nSPS) is 33.6. The van der Waals surface area contributed by atoms with E-state index in [2.05, 4.69) is 0 Å². The number of rotatable bonds is 2. The molecule has 1 saturated carbocycles. The van der Waals surface area contributed by atoms with Gasteiger partial charge in [-0.1, -0.05) is 44.0 Å². The second-order valence-electron chi connectivity index (χ2n) is 8.71. The zero-order valence-corrected chi connectivity index (χ0v) is 17.4. The van der Waals surface area contributed by atoms with Crippen molar-refractivity contribution in [2.45, 2.75) is 57.6 Å². The van der Waals surface area contributed by atoms with E-state index < -0.39 is 16.6 Å². The molecule has 0 aromatic heterocycles. The maximum atomic E-state index is 13.0. The number of benzene rings is 1. The minimum Gasteiger partial charge on any atom is -0.384 e. The van der Waals surface area contributed by atoms with E-state index in [9.17, 15) is 9.90 Å². The Kier molecular flexibility index (Phi) is 6.04. The number of likely N-dealkylation sites (tertiary alicyclic amines) is 1. The van der Waals surface area contributed by atoms with Crippen LogP contribution in [0.3, 0.4) is 0 Å². The van der Waals surface area contributed by atoms with Gasteiger partial charge >= 0.3 is 0 Å². The maximum absolute atomic E-state index is 13.0. The van der Waals surface area contributed by atoms with Crippen LogP contribution in [0.1, 0.15) is 52.0 Å². The highest BCUT2D eigenvalue weighted by molar-refractivity contribution is 6.30. The average Bonchev–Trinajstić information content (AvgIpc) is 2.89. The second kappa shape index (κ2) is 7.31. The molecular weight excluding hydrogens is 371 g/mol. The zero-order chi connectivity index (χ0) is 18.5. The Labute approximate surface area is 167 Å². The fraction of sp³-hybridized carbons (Fsp3) is 0.650. The highest BCUT2D eigenvalue weighted by Crippen LogP contribution is 2.47. The van der Waals surface area contributed by atoms with Gasteiger partial charge in [0.05, 0.1) is 11.5 Å². The molecule has 1 aromatic rings. The van der Waals surface area contributed by atoms with E-state index in [0.717, 1.165) is 24.8 Å². The second-order valence-corrected chi connectivity index (χ2v) is 9.15. The molecule has 0 bridgehead atoms. The standard InChI is InChI=1S/C20H29ClN2O2.ClH/c1-18(2)13-23(17(24)16-5-4-10-19(16,3)22)12-11-20(18,25)14-6-8-15(21)9-7-14;/h6-9,16,25H,4-5,10-13,22H2,1-3H3;1H/t16-,19-,20-;/m0./s1. The molecule has 1 saturated heterocycles. The van der Waals surface area contributed by atoms with E-state index in [1.54, 1.807) is 12.1 Å². The number of nitrogens with zero attached hydrogens (tertiary/aromatic N) is 1. The van der Waals surface area contributed by atoms with Crippen LogP contribution in [0.25, 0.3) is 0 Å². The Morgan fingerprint density at radius 3 is 2.35 bits per heavy atom. The highest BCUT2D eigenvalue weighted by Gasteiger charge is 2.51. The van der Waals surface area contributed by atoms with Gasteiger partial charge in [0, 0.05) is 29.1 Å². The molecule has 3 atom stereocenters. The first-order chi connectivity index (χ1) is 11.6. The minimum atomic E-state index is -0.976. The number of halogens is 2. The summed E-state index contributed by atoms with van der Waals surface area (Å²) in [6.45, 7) is 7.11. The van der Waals surface area contributed by atoms with Crippen molar-refractivity contribution in [3.63, 3.8) is 0 Å². The topological polar surface area (TPSA) is 66.6 Å². The number of aliphatic hydroxyl groups is 1. The van der Waals surface area contributed by atoms with Gasteiger partial charge in [-0.3, -0.25) is 4.79 Å². The van der Waals surface area contributed by atoms with Crippen molar-refractivity contribution in [1.29, 1.82) is 0 Å². The summed E-state index contributed by atoms with van der Waals surface area (Å²) < 4.78 is 0. The number of carbonyl (C=O) groups excluding carboxylic acids is 1. The third kappa shape index (κ3) is 3.62. The monoisotopic (exact) mass is 400 g/mol. The molecule has 0 radical (unpaired) electrons. The van der Waals surface area contributed by atoms with Gasteiger partial charge in [-0.05, 0) is 43.9 Å². The number of amides is 1. The smallest absolute Gasteiger partial charge is 0.227 e. The van der Waals surface area contributed by atoms with Crippen LogP contribution in [0.5, 0.6) is 0 Å². The van der Waals surface area contributed by atoms with Crippen molar-refractivity contribution >= 4 is 29.9 Å². The summed E-state index contributed by atoms with van der Waals surface area (Å²) in [5.74, 6) is 0.0405. The van der Waals surface area contributed by atoms with Crippen molar-refractivity contribution in [2.24, 2.45) is 17.1 Å². The van der Waals surface area contributed by atoms with Crippen LogP contribution in [0, 0.1) is 11.3 Å². The van der Waals surface area contributed by atoms with Crippen molar-refractivity contribution < 1.29 is 9.90 Å². The third-order valence-electron chi connectivity index (χ3n) is 6.39. The summed E-state index contributed by atoms with van der Waals surface area (Å²) in [7, 11) is 0. The predicted molar refractivity (Wildman–Crippen MR) is 108 cm³/mol. The minimum absolute atomic E-state index is 0. The van der Waals surface area contributed by atoms with Gasteiger partial charge in [-0.15, -0.1) is 12.4 Å². The summed E-state index contributed by atoms with van der Waals surface area (Å²) in [5.41, 5.74) is 5.36. The first kappa shape index (κ1) is 21.5. The van der Waals surface area contributed by atoms with E-state index in [0.29, 0.717) is 24.5 Å². The number of nitrogens with two attached hydrogens (primary N) is 1. The van der Waals surface area contributed by atoms with Gasteiger partial charge in [0.1, 0.15) is 0 Å². The summed E-state index contributed by atoms with van der Waals surface area (Å²) in [6, 6.07) is 7.38. The fourth-order valence-corrected chi connectivity index (χ4v) is 4.71. The largest absolute Gasteiger partial charge is 0.384 e. The molecule has 6 heteroatoms. The van der Waals surface area contributed by atoms with Crippen LogP contribution in [0.15, 0.2) is 24.3 Å². The fourth-order valence-electron chi connectivity index (χ4n) is 4.59. The van der Waals surface area contributed by atoms with Crippen molar-refractivity contribution in [3.05, 3.63) is 34.9 Å². The maximum Gasteiger partial charge on any atom is 0.227 e. The molecule has 2 aliphatic rings. The Bertz CT molecular complexity index is 660. The molecule has 1 aliphatic heterocycles. The van der Waals surface area contributed by atoms with Crippen LogP contribution in [0.4, 0.5) is 0 Å². The van der Waals surface area contributed by atoms with Crippen LogP contribution in [-0.2, 0) is 10.4 Å². The lowest BCUT2D eigenvalue weighted by molar-refractivity contribution is -0.157. The van der Waals surface area contributed by atoms with Gasteiger partial charge in [-0.2, -0.15) is 0 Å². The van der Waals surface area contributed by atoms with Crippen molar-refractivity contribution in [2.75, 3.05) is 13.1 Å². The first-order valence-corrected chi connectivity index (χ1v) is 9.51. The molecule has 2 fully saturated rings. The van der Waals surface area contributed by atoms with Crippen LogP contribution in [0.2, 0.25) is 5.02 Å². The summed E-state index contributed by atoms with van der Waals surface area (Å²) in [4.78, 5) is 15.0. The molecular formula is C20H30Cl2N2O2. The van der Waals surface area contributed by atoms with Gasteiger partial charge in [0.25, 0.3) is 0 Å².